The smallest absolute Gasteiger partial charge is 0.261 e. The number of carbonyl (C=O) groups excluding carboxylic acids is 2. The molecule has 3 aromatic rings. The minimum absolute atomic E-state index is 0.0975. The lowest BCUT2D eigenvalue weighted by molar-refractivity contribution is -0.136. The average Bonchev–Trinajstić information content (AvgIpc) is 2.98. The fraction of sp³-hybridized carbons (Fsp3) is 0.429. The predicted molar refractivity (Wildman–Crippen MR) is 185 cm³/mol. The van der Waals surface area contributed by atoms with Crippen molar-refractivity contribution in [2.24, 2.45) is 0 Å². The molecule has 1 N–H and O–H groups in total. The molecule has 1 atom stereocenters. The predicted octanol–water partition coefficient (Wildman–Crippen LogP) is 6.38. The highest BCUT2D eigenvalue weighted by Crippen LogP contribution is 2.40. The van der Waals surface area contributed by atoms with Crippen LogP contribution < -0.4 is 10.4 Å². The number of amides is 1. The number of carbonyl (C=O) groups is 2. The second-order valence-electron chi connectivity index (χ2n) is 14.2. The van der Waals surface area contributed by atoms with Crippen molar-refractivity contribution >= 4 is 50.0 Å². The Bertz CT molecular complexity index is 1400. The monoisotopic (exact) mass is 649 g/mol. The van der Waals surface area contributed by atoms with Gasteiger partial charge in [-0.3, -0.25) is 13.9 Å². The van der Waals surface area contributed by atoms with Crippen LogP contribution in [0.15, 0.2) is 84.9 Å². The Labute approximate surface area is 269 Å². The molecule has 4 rings (SSSR count). The van der Waals surface area contributed by atoms with E-state index in [0.717, 1.165) is 17.5 Å². The van der Waals surface area contributed by atoms with Gasteiger partial charge in [0.25, 0.3) is 8.32 Å². The first-order chi connectivity index (χ1) is 20.5. The van der Waals surface area contributed by atoms with Crippen molar-refractivity contribution in [1.82, 2.24) is 4.31 Å². The molecule has 1 aliphatic heterocycles. The maximum Gasteiger partial charge on any atom is 0.261 e. The number of rotatable bonds is 11. The SMILES string of the molecule is CC(C)(C)[Si](C)(C)OCC(O)(C(=O)SN1CCC1=O)c1ccc(CO[Si](c2ccccc2)(c2ccccc2)C(C)(C)C)cc1. The summed E-state index contributed by atoms with van der Waals surface area (Å²) in [4.78, 5) is 25.6. The Morgan fingerprint density at radius 3 is 1.75 bits per heavy atom. The van der Waals surface area contributed by atoms with Crippen molar-refractivity contribution < 1.29 is 23.5 Å². The number of hydrogen-bond acceptors (Lipinski definition) is 6. The highest BCUT2D eigenvalue weighted by atomic mass is 32.2. The first-order valence-electron chi connectivity index (χ1n) is 15.2. The molecule has 1 unspecified atom stereocenters. The van der Waals surface area contributed by atoms with E-state index in [9.17, 15) is 14.7 Å². The van der Waals surface area contributed by atoms with Gasteiger partial charge in [0.05, 0.1) is 13.2 Å². The summed E-state index contributed by atoms with van der Waals surface area (Å²) in [5.74, 6) is -0.105. The highest BCUT2D eigenvalue weighted by Gasteiger charge is 2.50. The first-order valence-corrected chi connectivity index (χ1v) is 20.8. The standard InChI is InChI=1S/C35H47NO5SSi2/c1-33(2,3)43(7,8)41-26-35(39,32(38)42-36-24-23-31(36)37)28-21-19-27(20-22-28)25-40-44(34(4,5)6,29-15-11-9-12-16-29)30-17-13-10-14-18-30/h9-22,39H,23-26H2,1-8H3. The summed E-state index contributed by atoms with van der Waals surface area (Å²) in [7, 11) is -5.02. The minimum atomic E-state index is -2.73. The van der Waals surface area contributed by atoms with E-state index in [1.165, 1.54) is 14.7 Å². The lowest BCUT2D eigenvalue weighted by Gasteiger charge is -2.43. The van der Waals surface area contributed by atoms with Crippen molar-refractivity contribution in [2.75, 3.05) is 13.2 Å². The van der Waals surface area contributed by atoms with E-state index in [1.54, 1.807) is 12.1 Å². The van der Waals surface area contributed by atoms with Gasteiger partial charge in [-0.05, 0) is 44.7 Å². The van der Waals surface area contributed by atoms with E-state index < -0.39 is 27.4 Å². The van der Waals surface area contributed by atoms with Crippen LogP contribution in [0, 0.1) is 0 Å². The van der Waals surface area contributed by atoms with Gasteiger partial charge in [0.1, 0.15) is 0 Å². The minimum Gasteiger partial charge on any atom is -0.413 e. The van der Waals surface area contributed by atoms with Gasteiger partial charge in [0.2, 0.25) is 11.0 Å². The van der Waals surface area contributed by atoms with Gasteiger partial charge in [-0.25, -0.2) is 0 Å². The first kappa shape index (κ1) is 34.3. The van der Waals surface area contributed by atoms with Crippen LogP contribution in [0.25, 0.3) is 0 Å². The molecule has 0 spiro atoms. The van der Waals surface area contributed by atoms with E-state index in [0.29, 0.717) is 25.1 Å². The van der Waals surface area contributed by atoms with Crippen LogP contribution in [-0.2, 0) is 30.6 Å². The summed E-state index contributed by atoms with van der Waals surface area (Å²) < 4.78 is 14.9. The second-order valence-corrected chi connectivity index (χ2v) is 24.3. The molecule has 1 heterocycles. The topological polar surface area (TPSA) is 76.1 Å². The number of hydrogen-bond donors (Lipinski definition) is 1. The molecule has 1 aliphatic rings. The van der Waals surface area contributed by atoms with Crippen molar-refractivity contribution in [3.63, 3.8) is 0 Å². The molecule has 1 fully saturated rings. The summed E-state index contributed by atoms with van der Waals surface area (Å²) >= 11 is 0.781. The van der Waals surface area contributed by atoms with Crippen molar-refractivity contribution in [2.45, 2.75) is 83.3 Å². The van der Waals surface area contributed by atoms with Crippen LogP contribution in [0.1, 0.15) is 59.1 Å². The molecule has 0 aromatic heterocycles. The molecule has 0 radical (unpaired) electrons. The maximum absolute atomic E-state index is 13.6. The zero-order valence-corrected chi connectivity index (χ0v) is 30.2. The van der Waals surface area contributed by atoms with Crippen LogP contribution in [0.5, 0.6) is 0 Å². The van der Waals surface area contributed by atoms with Crippen molar-refractivity contribution in [1.29, 1.82) is 0 Å². The fourth-order valence-corrected chi connectivity index (χ4v) is 11.6. The van der Waals surface area contributed by atoms with E-state index in [2.05, 4.69) is 103 Å². The van der Waals surface area contributed by atoms with Crippen molar-refractivity contribution in [3.8, 4) is 0 Å². The summed E-state index contributed by atoms with van der Waals surface area (Å²) in [6, 6.07) is 28.4. The Morgan fingerprint density at radius 2 is 1.34 bits per heavy atom. The number of benzene rings is 3. The zero-order chi connectivity index (χ0) is 32.4. The third-order valence-corrected chi connectivity index (χ3v) is 19.7. The molecule has 0 aliphatic carbocycles. The van der Waals surface area contributed by atoms with Gasteiger partial charge >= 0.3 is 0 Å². The number of nitrogens with zero attached hydrogens (tertiary/aromatic N) is 1. The quantitative estimate of drug-likeness (QED) is 0.148. The summed E-state index contributed by atoms with van der Waals surface area (Å²) in [5, 5.41) is 13.6. The van der Waals surface area contributed by atoms with Gasteiger partial charge < -0.3 is 14.0 Å². The van der Waals surface area contributed by atoms with Gasteiger partial charge in [-0.15, -0.1) is 0 Å². The van der Waals surface area contributed by atoms with Gasteiger partial charge in [0, 0.05) is 24.9 Å². The van der Waals surface area contributed by atoms with Gasteiger partial charge in [-0.2, -0.15) is 0 Å². The molecule has 1 amide bonds. The molecule has 0 saturated carbocycles. The molecule has 236 valence electrons. The van der Waals surface area contributed by atoms with Gasteiger partial charge in [0.15, 0.2) is 13.9 Å². The fourth-order valence-electron chi connectivity index (χ4n) is 5.16. The third kappa shape index (κ3) is 6.98. The number of aliphatic hydroxyl groups is 1. The highest BCUT2D eigenvalue weighted by molar-refractivity contribution is 8.12. The summed E-state index contributed by atoms with van der Waals surface area (Å²) in [6.45, 7) is 18.0. The molecule has 1 saturated heterocycles. The van der Waals surface area contributed by atoms with E-state index in [4.69, 9.17) is 8.85 Å². The molecular weight excluding hydrogens is 603 g/mol. The normalized spacial score (nSPS) is 15.9. The maximum atomic E-state index is 13.6. The average molecular weight is 650 g/mol. The molecule has 44 heavy (non-hydrogen) atoms. The Kier molecular flexibility index (Phi) is 10.2. The molecular formula is C35H47NO5SSi2. The molecule has 3 aromatic carbocycles. The van der Waals surface area contributed by atoms with Crippen LogP contribution in [0.3, 0.4) is 0 Å². The van der Waals surface area contributed by atoms with Crippen LogP contribution in [-0.4, -0.2) is 50.2 Å². The van der Waals surface area contributed by atoms with Crippen LogP contribution >= 0.6 is 11.9 Å². The molecule has 9 heteroatoms. The van der Waals surface area contributed by atoms with Crippen LogP contribution in [0.4, 0.5) is 0 Å². The lowest BCUT2D eigenvalue weighted by Crippen LogP contribution is -2.66. The molecule has 6 nitrogen and oxygen atoms in total. The molecule has 0 bridgehead atoms. The lowest BCUT2D eigenvalue weighted by atomic mass is 9.95. The van der Waals surface area contributed by atoms with E-state index in [1.807, 2.05) is 24.3 Å². The van der Waals surface area contributed by atoms with Crippen molar-refractivity contribution in [3.05, 3.63) is 96.1 Å². The number of β-lactam (4-membered cyclic amide) rings is 1. The summed E-state index contributed by atoms with van der Waals surface area (Å²) in [5.41, 5.74) is -0.531. The van der Waals surface area contributed by atoms with E-state index in [-0.39, 0.29) is 22.6 Å². The van der Waals surface area contributed by atoms with E-state index >= 15 is 0 Å². The Morgan fingerprint density at radius 1 is 0.818 bits per heavy atom. The largest absolute Gasteiger partial charge is 0.413 e. The second kappa shape index (κ2) is 13.1. The Hall–Kier alpha value is -2.54. The Balaban J connectivity index is 1.64. The zero-order valence-electron chi connectivity index (χ0n) is 27.3. The third-order valence-electron chi connectivity index (χ3n) is 9.09. The summed E-state index contributed by atoms with van der Waals surface area (Å²) in [6.07, 6.45) is 0.416. The van der Waals surface area contributed by atoms with Crippen LogP contribution in [0.2, 0.25) is 23.2 Å². The van der Waals surface area contributed by atoms with Gasteiger partial charge in [-0.1, -0.05) is 126 Å².